The maximum atomic E-state index is 12.5. The first-order chi connectivity index (χ1) is 20.4. The van der Waals surface area contributed by atoms with E-state index < -0.39 is 18.8 Å². The highest BCUT2D eigenvalue weighted by molar-refractivity contribution is 6.68. The van der Waals surface area contributed by atoms with Crippen LogP contribution in [0.4, 0.5) is 13.2 Å². The Balaban J connectivity index is 0.000000117. The van der Waals surface area contributed by atoms with Crippen LogP contribution in [0.15, 0.2) is 84.9 Å². The predicted octanol–water partition coefficient (Wildman–Crippen LogP) is 7.89. The van der Waals surface area contributed by atoms with Gasteiger partial charge in [-0.05, 0) is 57.4 Å². The molecule has 0 radical (unpaired) electrons. The molecule has 43 heavy (non-hydrogen) atoms. The first kappa shape index (κ1) is 29.5. The van der Waals surface area contributed by atoms with E-state index in [1.807, 2.05) is 79.8 Å². The molecule has 2 aliphatic heterocycles. The van der Waals surface area contributed by atoms with Crippen LogP contribution >= 0.6 is 11.6 Å². The van der Waals surface area contributed by atoms with Crippen molar-refractivity contribution in [2.45, 2.75) is 37.7 Å². The second-order valence-corrected chi connectivity index (χ2v) is 12.9. The lowest BCUT2D eigenvalue weighted by Crippen LogP contribution is -2.60. The number of carbonyl (C=O) groups excluding carboxylic acids is 2. The third-order valence-electron chi connectivity index (χ3n) is 9.29. The van der Waals surface area contributed by atoms with E-state index in [1.165, 1.54) is 10.8 Å². The number of alkyl halides is 3. The average molecular weight is 610 g/mol. The van der Waals surface area contributed by atoms with Crippen molar-refractivity contribution in [1.82, 2.24) is 0 Å². The van der Waals surface area contributed by atoms with Gasteiger partial charge in [-0.1, -0.05) is 104 Å². The highest BCUT2D eigenvalue weighted by atomic mass is 35.5. The zero-order valence-electron chi connectivity index (χ0n) is 23.9. The molecule has 0 unspecified atom stereocenters. The highest BCUT2D eigenvalue weighted by Crippen LogP contribution is 2.58. The van der Waals surface area contributed by atoms with Crippen molar-refractivity contribution in [1.29, 1.82) is 0 Å². The number of hydrogen-bond acceptors (Lipinski definition) is 4. The molecule has 2 saturated heterocycles. The first-order valence-corrected chi connectivity index (χ1v) is 14.9. The monoisotopic (exact) mass is 609 g/mol. The van der Waals surface area contributed by atoms with Gasteiger partial charge < -0.3 is 13.7 Å². The van der Waals surface area contributed by atoms with Gasteiger partial charge in [-0.25, -0.2) is 0 Å². The molecular weight excluding hydrogens is 578 g/mol. The summed E-state index contributed by atoms with van der Waals surface area (Å²) < 4.78 is 48.6. The molecule has 0 spiro atoms. The van der Waals surface area contributed by atoms with E-state index in [2.05, 4.69) is 19.1 Å². The minimum atomic E-state index is -4.05. The quantitative estimate of drug-likeness (QED) is 0.217. The van der Waals surface area contributed by atoms with Crippen molar-refractivity contribution in [2.24, 2.45) is 11.8 Å². The van der Waals surface area contributed by atoms with Gasteiger partial charge in [0.25, 0.3) is 0 Å². The lowest BCUT2D eigenvalue weighted by atomic mass is 9.61. The zero-order valence-corrected chi connectivity index (χ0v) is 24.6. The van der Waals surface area contributed by atoms with Crippen LogP contribution < -0.4 is 0 Å². The van der Waals surface area contributed by atoms with Crippen LogP contribution in [0.3, 0.4) is 0 Å². The Morgan fingerprint density at radius 3 is 1.81 bits per heavy atom. The molecule has 2 saturated carbocycles. The summed E-state index contributed by atoms with van der Waals surface area (Å²) in [5.74, 6) is -1.19. The molecule has 2 heterocycles. The third-order valence-corrected chi connectivity index (χ3v) is 9.52. The van der Waals surface area contributed by atoms with Crippen molar-refractivity contribution >= 4 is 51.8 Å². The number of benzene rings is 4. The second kappa shape index (κ2) is 10.9. The van der Waals surface area contributed by atoms with E-state index in [1.54, 1.807) is 0 Å². The van der Waals surface area contributed by atoms with Gasteiger partial charge >= 0.3 is 24.8 Å². The number of nitrogens with zero attached hydrogens (tertiary/aromatic N) is 1. The second-order valence-electron chi connectivity index (χ2n) is 12.5. The smallest absolute Gasteiger partial charge is 0.587 e. The molecule has 4 aliphatic rings. The number of likely N-dealkylation sites (N-methyl/N-ethyl adjacent to an activating group) is 1. The van der Waals surface area contributed by atoms with Crippen molar-refractivity contribution in [3.63, 3.8) is 0 Å². The van der Waals surface area contributed by atoms with E-state index in [0.29, 0.717) is 10.3 Å². The minimum Gasteiger partial charge on any atom is -0.600 e. The van der Waals surface area contributed by atoms with Crippen LogP contribution in [-0.2, 0) is 18.9 Å². The Hall–Kier alpha value is -3.56. The number of carbonyl (C=O) groups is 2. The zero-order chi connectivity index (χ0) is 30.6. The Morgan fingerprint density at radius 2 is 1.30 bits per heavy atom. The molecule has 4 atom stereocenters. The van der Waals surface area contributed by atoms with Crippen LogP contribution in [-0.4, -0.2) is 49.3 Å². The van der Waals surface area contributed by atoms with Gasteiger partial charge in [0.1, 0.15) is 13.1 Å². The SMILES string of the molecule is C[C@@H]1C[C@H]1[B-]12OC(=O)C[N+]1(C)CC(=O)O2.Clc1ccc2ccccc2c1.FC(F)(F)[C@H]1C[C@@H]1c1ccc2ccccc2c1. The summed E-state index contributed by atoms with van der Waals surface area (Å²) in [5.41, 5.74) is 0.811. The lowest BCUT2D eigenvalue weighted by molar-refractivity contribution is -0.794. The summed E-state index contributed by atoms with van der Waals surface area (Å²) in [5, 5.41) is 5.30. The molecule has 4 aromatic carbocycles. The Bertz CT molecular complexity index is 1690. The van der Waals surface area contributed by atoms with Gasteiger partial charge in [-0.15, -0.1) is 0 Å². The number of rotatable bonds is 2. The van der Waals surface area contributed by atoms with Crippen LogP contribution in [0.5, 0.6) is 0 Å². The summed E-state index contributed by atoms with van der Waals surface area (Å²) in [6.45, 7) is 0.913. The number of fused-ring (bicyclic) bond motifs is 3. The summed E-state index contributed by atoms with van der Waals surface area (Å²) in [6, 6.07) is 27.4. The fourth-order valence-corrected chi connectivity index (χ4v) is 6.91. The summed E-state index contributed by atoms with van der Waals surface area (Å²) >= 11 is 5.82. The molecule has 0 aromatic heterocycles. The number of quaternary nitrogens is 1. The van der Waals surface area contributed by atoms with E-state index >= 15 is 0 Å². The van der Waals surface area contributed by atoms with Crippen LogP contribution in [0.2, 0.25) is 10.8 Å². The molecule has 2 aliphatic carbocycles. The van der Waals surface area contributed by atoms with E-state index in [-0.39, 0.29) is 43.2 Å². The van der Waals surface area contributed by atoms with Gasteiger partial charge in [0.05, 0.1) is 5.92 Å². The Kier molecular flexibility index (Phi) is 7.46. The number of hydrogen-bond donors (Lipinski definition) is 0. The van der Waals surface area contributed by atoms with Crippen LogP contribution in [0.25, 0.3) is 21.5 Å². The van der Waals surface area contributed by atoms with Crippen LogP contribution in [0, 0.1) is 11.8 Å². The van der Waals surface area contributed by atoms with Gasteiger partial charge in [0.2, 0.25) is 0 Å². The van der Waals surface area contributed by atoms with E-state index in [4.69, 9.17) is 20.9 Å². The molecule has 0 amide bonds. The van der Waals surface area contributed by atoms with Gasteiger partial charge in [-0.2, -0.15) is 13.2 Å². The molecule has 10 heteroatoms. The topological polar surface area (TPSA) is 52.6 Å². The molecule has 224 valence electrons. The fourth-order valence-electron chi connectivity index (χ4n) is 6.73. The number of halogens is 4. The maximum Gasteiger partial charge on any atom is 0.587 e. The van der Waals surface area contributed by atoms with Crippen molar-refractivity contribution in [3.05, 3.63) is 95.5 Å². The molecule has 0 N–H and O–H groups in total. The molecular formula is C33H32BClF3NO4. The van der Waals surface area contributed by atoms with E-state index in [0.717, 1.165) is 27.8 Å². The van der Waals surface area contributed by atoms with Crippen molar-refractivity contribution in [3.8, 4) is 0 Å². The Morgan fingerprint density at radius 1 is 0.791 bits per heavy atom. The summed E-state index contributed by atoms with van der Waals surface area (Å²) in [4.78, 5) is 22.8. The predicted molar refractivity (Wildman–Crippen MR) is 161 cm³/mol. The molecule has 4 aromatic rings. The molecule has 8 rings (SSSR count). The maximum absolute atomic E-state index is 12.5. The summed E-state index contributed by atoms with van der Waals surface area (Å²) in [6.07, 6.45) is -2.81. The third kappa shape index (κ3) is 5.85. The lowest BCUT2D eigenvalue weighted by Gasteiger charge is -2.40. The highest BCUT2D eigenvalue weighted by Gasteiger charge is 2.73. The minimum absolute atomic E-state index is 0.232. The first-order valence-electron chi connectivity index (χ1n) is 14.5. The van der Waals surface area contributed by atoms with Gasteiger partial charge in [0, 0.05) is 12.1 Å². The molecule has 4 fully saturated rings. The van der Waals surface area contributed by atoms with Gasteiger partial charge in [-0.3, -0.25) is 9.59 Å². The normalized spacial score (nSPS) is 30.4. The van der Waals surface area contributed by atoms with Crippen molar-refractivity contribution in [2.75, 3.05) is 20.1 Å². The molecule has 5 nitrogen and oxygen atoms in total. The standard InChI is InChI=1S/C14H11F3.C10H7Cl.C9H14BNO4/c15-14(16,17)13-8-12(13)11-6-5-9-3-1-2-4-10(9)7-11;11-10-6-5-8-3-1-2-4-9(8)7-10;1-6-3-7(6)10-11(2,4-8(12)14-10)5-9(13)15-10/h1-7,12-13H,8H2;1-7H;6-7H,3-5H2,1-2H3/t12-,13+;;6-,7-,10?,11?/m1.1/s1. The Labute approximate surface area is 253 Å². The average Bonchev–Trinajstić information content (AvgIpc) is 3.86. The summed E-state index contributed by atoms with van der Waals surface area (Å²) in [7, 11) is 1.89. The van der Waals surface area contributed by atoms with Crippen molar-refractivity contribution < 1.29 is 36.5 Å². The van der Waals surface area contributed by atoms with Gasteiger partial charge in [0.15, 0.2) is 0 Å². The largest absolute Gasteiger partial charge is 0.600 e. The van der Waals surface area contributed by atoms with E-state index in [9.17, 15) is 22.8 Å². The molecule has 0 bridgehead atoms. The van der Waals surface area contributed by atoms with Crippen LogP contribution in [0.1, 0.15) is 31.2 Å². The fraction of sp³-hybridized carbons (Fsp3) is 0.333.